The molecule has 1 aliphatic rings. The van der Waals surface area contributed by atoms with Crippen LogP contribution in [-0.2, 0) is 24.0 Å². The second kappa shape index (κ2) is 9.23. The van der Waals surface area contributed by atoms with Crippen LogP contribution in [0.5, 0.6) is 0 Å². The van der Waals surface area contributed by atoms with Crippen LogP contribution in [0.25, 0.3) is 0 Å². The molecule has 0 radical (unpaired) electrons. The number of carbonyl (C=O) groups excluding carboxylic acids is 2. The van der Waals surface area contributed by atoms with Gasteiger partial charge in [-0.15, -0.1) is 22.7 Å². The molecule has 1 aliphatic carbocycles. The molecule has 1 atom stereocenters. The average molecular weight is 452 g/mol. The number of aryl methyl sites for hydroxylation is 1. The summed E-state index contributed by atoms with van der Waals surface area (Å²) in [5.41, 5.74) is 8.68. The molecule has 0 aliphatic heterocycles. The van der Waals surface area contributed by atoms with Crippen LogP contribution in [-0.4, -0.2) is 24.1 Å². The molecular weight excluding hydrogens is 426 g/mol. The molecule has 1 unspecified atom stereocenters. The Labute approximate surface area is 184 Å². The highest BCUT2D eigenvalue weighted by Crippen LogP contribution is 2.40. The van der Waals surface area contributed by atoms with Gasteiger partial charge in [-0.2, -0.15) is 0 Å². The van der Waals surface area contributed by atoms with E-state index in [2.05, 4.69) is 23.1 Å². The highest BCUT2D eigenvalue weighted by Gasteiger charge is 2.28. The summed E-state index contributed by atoms with van der Waals surface area (Å²) in [4.78, 5) is 27.2. The van der Waals surface area contributed by atoms with Crippen LogP contribution in [0, 0.1) is 12.8 Å². The Morgan fingerprint density at radius 2 is 2.10 bits per heavy atom. The molecule has 2 aromatic rings. The first-order valence-corrected chi connectivity index (χ1v) is 11.6. The van der Waals surface area contributed by atoms with E-state index in [1.807, 2.05) is 19.2 Å². The van der Waals surface area contributed by atoms with Gasteiger partial charge in [-0.05, 0) is 61.9 Å². The van der Waals surface area contributed by atoms with Gasteiger partial charge in [0.15, 0.2) is 5.11 Å². The number of hydrogen-bond donors (Lipinski definition) is 3. The van der Waals surface area contributed by atoms with Gasteiger partial charge >= 0.3 is 5.97 Å². The number of esters is 1. The zero-order valence-corrected chi connectivity index (χ0v) is 19.4. The summed E-state index contributed by atoms with van der Waals surface area (Å²) in [7, 11) is 1.38. The molecule has 29 heavy (non-hydrogen) atoms. The molecular formula is C20H25N3O3S3. The smallest absolute Gasteiger partial charge is 0.341 e. The van der Waals surface area contributed by atoms with Crippen LogP contribution in [0.3, 0.4) is 0 Å². The Morgan fingerprint density at radius 1 is 1.34 bits per heavy atom. The summed E-state index contributed by atoms with van der Waals surface area (Å²) in [6.07, 6.45) is 3.64. The van der Waals surface area contributed by atoms with Gasteiger partial charge in [-0.25, -0.2) is 4.79 Å². The Bertz CT molecular complexity index is 948. The average Bonchev–Trinajstić information content (AvgIpc) is 3.24. The Morgan fingerprint density at radius 3 is 2.79 bits per heavy atom. The Hall–Kier alpha value is -1.97. The first kappa shape index (κ1) is 21.7. The lowest BCUT2D eigenvalue weighted by Gasteiger charge is -2.18. The van der Waals surface area contributed by atoms with Gasteiger partial charge in [0.1, 0.15) is 5.00 Å². The predicted octanol–water partition coefficient (Wildman–Crippen LogP) is 4.22. The molecule has 2 heterocycles. The summed E-state index contributed by atoms with van der Waals surface area (Å²) in [6, 6.07) is 0. The zero-order chi connectivity index (χ0) is 21.1. The maximum absolute atomic E-state index is 12.5. The first-order valence-electron chi connectivity index (χ1n) is 9.52. The number of anilines is 1. The van der Waals surface area contributed by atoms with Crippen molar-refractivity contribution in [2.75, 3.05) is 12.4 Å². The normalized spacial score (nSPS) is 15.4. The van der Waals surface area contributed by atoms with Gasteiger partial charge in [0.25, 0.3) is 5.91 Å². The number of methoxy groups -OCH3 is 1. The number of rotatable bonds is 4. The van der Waals surface area contributed by atoms with Crippen molar-refractivity contribution in [3.63, 3.8) is 0 Å². The predicted molar refractivity (Wildman–Crippen MR) is 122 cm³/mol. The molecule has 3 N–H and O–H groups in total. The SMILES string of the molecule is CCc1c(C(=O)NNC(=S)Nc2sc3c(c2C(=O)OC)CCC(C)C3)csc1C. The van der Waals surface area contributed by atoms with Crippen LogP contribution >= 0.6 is 34.9 Å². The number of hydrogen-bond acceptors (Lipinski definition) is 6. The molecule has 9 heteroatoms. The highest BCUT2D eigenvalue weighted by molar-refractivity contribution is 7.80. The van der Waals surface area contributed by atoms with E-state index >= 15 is 0 Å². The van der Waals surface area contributed by atoms with E-state index in [4.69, 9.17) is 17.0 Å². The molecule has 156 valence electrons. The van der Waals surface area contributed by atoms with Crippen molar-refractivity contribution in [2.45, 2.75) is 46.5 Å². The first-order chi connectivity index (χ1) is 13.8. The fourth-order valence-corrected chi connectivity index (χ4v) is 6.14. The van der Waals surface area contributed by atoms with Crippen molar-refractivity contribution in [3.05, 3.63) is 37.4 Å². The standard InChI is InChI=1S/C20H25N3O3S3/c1-5-12-11(3)28-9-14(12)17(24)22-23-20(27)21-18-16(19(25)26-4)13-7-6-10(2)8-15(13)29-18/h9-10H,5-8H2,1-4H3,(H,22,24)(H2,21,23,27). The maximum atomic E-state index is 12.5. The third-order valence-corrected chi connectivity index (χ3v) is 7.45. The number of thiophene rings is 2. The molecule has 0 bridgehead atoms. The van der Waals surface area contributed by atoms with Crippen molar-refractivity contribution < 1.29 is 14.3 Å². The van der Waals surface area contributed by atoms with Gasteiger partial charge in [0.2, 0.25) is 0 Å². The molecule has 1 amide bonds. The van der Waals surface area contributed by atoms with E-state index in [-0.39, 0.29) is 17.0 Å². The minimum atomic E-state index is -0.368. The largest absolute Gasteiger partial charge is 0.465 e. The second-order valence-electron chi connectivity index (χ2n) is 7.12. The van der Waals surface area contributed by atoms with Gasteiger partial charge in [-0.1, -0.05) is 13.8 Å². The van der Waals surface area contributed by atoms with Crippen molar-refractivity contribution >= 4 is 56.9 Å². The van der Waals surface area contributed by atoms with Crippen molar-refractivity contribution in [2.24, 2.45) is 5.92 Å². The molecule has 3 rings (SSSR count). The topological polar surface area (TPSA) is 79.5 Å². The number of nitrogens with one attached hydrogen (secondary N) is 3. The van der Waals surface area contributed by atoms with Crippen LogP contribution in [0.4, 0.5) is 5.00 Å². The Kier molecular flexibility index (Phi) is 6.92. The minimum absolute atomic E-state index is 0.222. The number of thiocarbonyl (C=S) groups is 1. The van der Waals surface area contributed by atoms with E-state index < -0.39 is 0 Å². The van der Waals surface area contributed by atoms with E-state index in [1.165, 1.54) is 23.3 Å². The second-order valence-corrected chi connectivity index (χ2v) is 9.72. The van der Waals surface area contributed by atoms with Gasteiger partial charge in [0.05, 0.1) is 18.2 Å². The summed E-state index contributed by atoms with van der Waals surface area (Å²) >= 11 is 8.42. The van der Waals surface area contributed by atoms with E-state index in [0.29, 0.717) is 22.0 Å². The van der Waals surface area contributed by atoms with E-state index in [0.717, 1.165) is 41.7 Å². The third-order valence-electron chi connectivity index (χ3n) is 5.12. The molecule has 0 aromatic carbocycles. The van der Waals surface area contributed by atoms with E-state index in [9.17, 15) is 9.59 Å². The third kappa shape index (κ3) is 4.62. The monoisotopic (exact) mass is 451 g/mol. The summed E-state index contributed by atoms with van der Waals surface area (Å²) in [6.45, 7) is 6.25. The molecule has 0 saturated carbocycles. The summed E-state index contributed by atoms with van der Waals surface area (Å²) in [5, 5.41) is 5.80. The number of amides is 1. The van der Waals surface area contributed by atoms with Crippen molar-refractivity contribution in [3.8, 4) is 0 Å². The molecule has 6 nitrogen and oxygen atoms in total. The fraction of sp³-hybridized carbons (Fsp3) is 0.450. The fourth-order valence-electron chi connectivity index (χ4n) is 3.58. The van der Waals surface area contributed by atoms with E-state index in [1.54, 1.807) is 11.3 Å². The number of fused-ring (bicyclic) bond motifs is 1. The van der Waals surface area contributed by atoms with Crippen LogP contribution in [0.15, 0.2) is 5.38 Å². The number of hydrazine groups is 1. The summed E-state index contributed by atoms with van der Waals surface area (Å²) in [5.74, 6) is -0.0127. The molecule has 2 aromatic heterocycles. The lowest BCUT2D eigenvalue weighted by Crippen LogP contribution is -2.44. The van der Waals surface area contributed by atoms with Crippen molar-refractivity contribution in [1.82, 2.24) is 10.9 Å². The zero-order valence-electron chi connectivity index (χ0n) is 16.9. The van der Waals surface area contributed by atoms with Crippen LogP contribution in [0.1, 0.15) is 61.9 Å². The Balaban J connectivity index is 1.70. The van der Waals surface area contributed by atoms with Crippen LogP contribution < -0.4 is 16.2 Å². The summed E-state index contributed by atoms with van der Waals surface area (Å²) < 4.78 is 4.99. The molecule has 0 spiro atoms. The molecule has 0 fully saturated rings. The van der Waals surface area contributed by atoms with Gasteiger partial charge in [0, 0.05) is 15.1 Å². The van der Waals surface area contributed by atoms with Crippen LogP contribution in [0.2, 0.25) is 0 Å². The molecule has 0 saturated heterocycles. The minimum Gasteiger partial charge on any atom is -0.465 e. The quantitative estimate of drug-likeness (QED) is 0.367. The number of ether oxygens (including phenoxy) is 1. The van der Waals surface area contributed by atoms with Crippen molar-refractivity contribution in [1.29, 1.82) is 0 Å². The van der Waals surface area contributed by atoms with Gasteiger partial charge in [-0.3, -0.25) is 15.6 Å². The lowest BCUT2D eigenvalue weighted by molar-refractivity contribution is 0.0600. The number of carbonyl (C=O) groups is 2. The van der Waals surface area contributed by atoms with Gasteiger partial charge < -0.3 is 10.1 Å². The lowest BCUT2D eigenvalue weighted by atomic mass is 9.88. The highest BCUT2D eigenvalue weighted by atomic mass is 32.1. The maximum Gasteiger partial charge on any atom is 0.341 e.